The first kappa shape index (κ1) is 19.9. The van der Waals surface area contributed by atoms with Crippen molar-refractivity contribution in [3.05, 3.63) is 41.8 Å². The van der Waals surface area contributed by atoms with Gasteiger partial charge in [-0.1, -0.05) is 23.9 Å². The SMILES string of the molecule is COc1cccc(NC(=O)CSc2nnc(-c3cccs3)n2CCC(N)=O)c1. The van der Waals surface area contributed by atoms with E-state index in [1.54, 1.807) is 31.4 Å². The third-order valence-corrected chi connectivity index (χ3v) is 5.56. The number of hydrogen-bond donors (Lipinski definition) is 2. The number of aromatic nitrogens is 3. The van der Waals surface area contributed by atoms with Crippen LogP contribution in [0.25, 0.3) is 10.7 Å². The van der Waals surface area contributed by atoms with Crippen molar-refractivity contribution in [2.45, 2.75) is 18.1 Å². The summed E-state index contributed by atoms with van der Waals surface area (Å²) in [7, 11) is 1.57. The summed E-state index contributed by atoms with van der Waals surface area (Å²) in [6.45, 7) is 0.357. The number of amides is 2. The van der Waals surface area contributed by atoms with Crippen LogP contribution in [0.2, 0.25) is 0 Å². The van der Waals surface area contributed by atoms with Crippen molar-refractivity contribution in [2.24, 2.45) is 5.73 Å². The Labute approximate surface area is 170 Å². The van der Waals surface area contributed by atoms with Gasteiger partial charge in [-0.25, -0.2) is 0 Å². The van der Waals surface area contributed by atoms with Crippen LogP contribution < -0.4 is 15.8 Å². The lowest BCUT2D eigenvalue weighted by atomic mass is 10.3. The van der Waals surface area contributed by atoms with E-state index >= 15 is 0 Å². The molecule has 146 valence electrons. The summed E-state index contributed by atoms with van der Waals surface area (Å²) < 4.78 is 6.97. The number of methoxy groups -OCH3 is 1. The summed E-state index contributed by atoms with van der Waals surface area (Å²) in [4.78, 5) is 24.4. The Kier molecular flexibility index (Phi) is 6.66. The van der Waals surface area contributed by atoms with Gasteiger partial charge in [0, 0.05) is 24.7 Å². The van der Waals surface area contributed by atoms with Crippen molar-refractivity contribution in [2.75, 3.05) is 18.2 Å². The van der Waals surface area contributed by atoms with E-state index in [1.165, 1.54) is 23.1 Å². The number of primary amides is 1. The molecule has 10 heteroatoms. The predicted octanol–water partition coefficient (Wildman–Crippen LogP) is 2.62. The zero-order valence-corrected chi connectivity index (χ0v) is 16.8. The second kappa shape index (κ2) is 9.38. The van der Waals surface area contributed by atoms with Crippen LogP contribution >= 0.6 is 23.1 Å². The normalized spacial score (nSPS) is 10.6. The van der Waals surface area contributed by atoms with E-state index < -0.39 is 5.91 Å². The van der Waals surface area contributed by atoms with E-state index in [0.29, 0.717) is 29.0 Å². The lowest BCUT2D eigenvalue weighted by molar-refractivity contribution is -0.118. The molecule has 0 fully saturated rings. The fourth-order valence-electron chi connectivity index (χ4n) is 2.44. The van der Waals surface area contributed by atoms with Gasteiger partial charge in [-0.15, -0.1) is 21.5 Å². The number of hydrogen-bond acceptors (Lipinski definition) is 7. The predicted molar refractivity (Wildman–Crippen MR) is 109 cm³/mol. The molecule has 0 saturated carbocycles. The molecule has 0 atom stereocenters. The van der Waals surface area contributed by atoms with E-state index in [2.05, 4.69) is 15.5 Å². The van der Waals surface area contributed by atoms with E-state index in [9.17, 15) is 9.59 Å². The molecule has 0 unspecified atom stereocenters. The molecule has 1 aromatic carbocycles. The first-order valence-corrected chi connectivity index (χ1v) is 10.3. The molecule has 2 amide bonds. The summed E-state index contributed by atoms with van der Waals surface area (Å²) in [6, 6.07) is 11.0. The van der Waals surface area contributed by atoms with E-state index in [-0.39, 0.29) is 18.1 Å². The highest BCUT2D eigenvalue weighted by Gasteiger charge is 2.17. The number of nitrogens with zero attached hydrogens (tertiary/aromatic N) is 3. The lowest BCUT2D eigenvalue weighted by Gasteiger charge is -2.09. The van der Waals surface area contributed by atoms with Gasteiger partial charge < -0.3 is 20.4 Å². The van der Waals surface area contributed by atoms with Crippen LogP contribution in [0.4, 0.5) is 5.69 Å². The molecular formula is C18H19N5O3S2. The monoisotopic (exact) mass is 417 g/mol. The minimum atomic E-state index is -0.405. The maximum atomic E-state index is 12.3. The largest absolute Gasteiger partial charge is 0.497 e. The lowest BCUT2D eigenvalue weighted by Crippen LogP contribution is -2.16. The summed E-state index contributed by atoms with van der Waals surface area (Å²) in [5.74, 6) is 0.887. The minimum Gasteiger partial charge on any atom is -0.497 e. The summed E-state index contributed by atoms with van der Waals surface area (Å²) in [5, 5.41) is 13.7. The highest BCUT2D eigenvalue weighted by Crippen LogP contribution is 2.27. The molecule has 3 N–H and O–H groups in total. The molecule has 0 aliphatic heterocycles. The second-order valence-electron chi connectivity index (χ2n) is 5.72. The van der Waals surface area contributed by atoms with Gasteiger partial charge in [0.2, 0.25) is 11.8 Å². The number of thioether (sulfide) groups is 1. The van der Waals surface area contributed by atoms with Gasteiger partial charge in [0.1, 0.15) is 5.75 Å². The van der Waals surface area contributed by atoms with Crippen molar-refractivity contribution in [3.8, 4) is 16.5 Å². The standard InChI is InChI=1S/C18H19N5O3S2/c1-26-13-5-2-4-12(10-13)20-16(25)11-28-18-22-21-17(14-6-3-9-27-14)23(18)8-7-15(19)24/h2-6,9-10H,7-8,11H2,1H3,(H2,19,24)(H,20,25). The topological polar surface area (TPSA) is 112 Å². The third kappa shape index (κ3) is 5.11. The third-order valence-electron chi connectivity index (χ3n) is 3.73. The van der Waals surface area contributed by atoms with Crippen molar-refractivity contribution in [1.29, 1.82) is 0 Å². The molecule has 2 heterocycles. The smallest absolute Gasteiger partial charge is 0.234 e. The summed E-state index contributed by atoms with van der Waals surface area (Å²) in [6.07, 6.45) is 0.167. The molecule has 0 radical (unpaired) electrons. The molecule has 3 rings (SSSR count). The second-order valence-corrected chi connectivity index (χ2v) is 7.61. The average molecular weight is 418 g/mol. The Balaban J connectivity index is 1.69. The van der Waals surface area contributed by atoms with Crippen LogP contribution in [0.15, 0.2) is 46.9 Å². The van der Waals surface area contributed by atoms with Crippen molar-refractivity contribution in [3.63, 3.8) is 0 Å². The van der Waals surface area contributed by atoms with Gasteiger partial charge in [0.05, 0.1) is 17.7 Å². The molecule has 3 aromatic rings. The summed E-state index contributed by atoms with van der Waals surface area (Å²) >= 11 is 2.78. The number of carbonyl (C=O) groups excluding carboxylic acids is 2. The fraction of sp³-hybridized carbons (Fsp3) is 0.222. The maximum absolute atomic E-state index is 12.3. The van der Waals surface area contributed by atoms with Crippen LogP contribution in [-0.4, -0.2) is 39.4 Å². The molecular weight excluding hydrogens is 398 g/mol. The molecule has 2 aromatic heterocycles. The van der Waals surface area contributed by atoms with Gasteiger partial charge in [0.25, 0.3) is 0 Å². The Morgan fingerprint density at radius 1 is 1.29 bits per heavy atom. The average Bonchev–Trinajstić information content (AvgIpc) is 3.34. The Hall–Kier alpha value is -2.85. The highest BCUT2D eigenvalue weighted by molar-refractivity contribution is 7.99. The van der Waals surface area contributed by atoms with Crippen LogP contribution in [0.5, 0.6) is 5.75 Å². The Morgan fingerprint density at radius 3 is 2.86 bits per heavy atom. The maximum Gasteiger partial charge on any atom is 0.234 e. The van der Waals surface area contributed by atoms with E-state index in [4.69, 9.17) is 10.5 Å². The number of nitrogens with one attached hydrogen (secondary N) is 1. The van der Waals surface area contributed by atoms with Gasteiger partial charge in [0.15, 0.2) is 11.0 Å². The first-order chi connectivity index (χ1) is 13.6. The molecule has 0 saturated heterocycles. The zero-order chi connectivity index (χ0) is 19.9. The molecule has 0 spiro atoms. The first-order valence-electron chi connectivity index (χ1n) is 8.39. The van der Waals surface area contributed by atoms with Crippen LogP contribution in [0.1, 0.15) is 6.42 Å². The quantitative estimate of drug-likeness (QED) is 0.518. The van der Waals surface area contributed by atoms with E-state index in [1.807, 2.05) is 22.1 Å². The number of rotatable bonds is 9. The van der Waals surface area contributed by atoms with E-state index in [0.717, 1.165) is 4.88 Å². The number of benzene rings is 1. The van der Waals surface area contributed by atoms with Gasteiger partial charge in [-0.05, 0) is 23.6 Å². The number of thiophene rings is 1. The minimum absolute atomic E-state index is 0.149. The zero-order valence-electron chi connectivity index (χ0n) is 15.1. The number of ether oxygens (including phenoxy) is 1. The Morgan fingerprint density at radius 2 is 2.14 bits per heavy atom. The number of anilines is 1. The van der Waals surface area contributed by atoms with Gasteiger partial charge >= 0.3 is 0 Å². The van der Waals surface area contributed by atoms with Crippen LogP contribution in [0.3, 0.4) is 0 Å². The van der Waals surface area contributed by atoms with Crippen LogP contribution in [0, 0.1) is 0 Å². The molecule has 28 heavy (non-hydrogen) atoms. The molecule has 8 nitrogen and oxygen atoms in total. The van der Waals surface area contributed by atoms with Crippen molar-refractivity contribution in [1.82, 2.24) is 14.8 Å². The van der Waals surface area contributed by atoms with Crippen LogP contribution in [-0.2, 0) is 16.1 Å². The number of carbonyl (C=O) groups is 2. The number of nitrogens with two attached hydrogens (primary N) is 1. The molecule has 0 bridgehead atoms. The Bertz CT molecular complexity index is 956. The van der Waals surface area contributed by atoms with Crippen molar-refractivity contribution < 1.29 is 14.3 Å². The van der Waals surface area contributed by atoms with Gasteiger partial charge in [-0.3, -0.25) is 9.59 Å². The molecule has 0 aliphatic rings. The fourth-order valence-corrected chi connectivity index (χ4v) is 3.92. The summed E-state index contributed by atoms with van der Waals surface area (Å²) in [5.41, 5.74) is 5.94. The highest BCUT2D eigenvalue weighted by atomic mass is 32.2. The van der Waals surface area contributed by atoms with Gasteiger partial charge in [-0.2, -0.15) is 0 Å². The molecule has 0 aliphatic carbocycles. The van der Waals surface area contributed by atoms with Crippen molar-refractivity contribution >= 4 is 40.6 Å².